The van der Waals surface area contributed by atoms with Crippen LogP contribution in [0.3, 0.4) is 0 Å². The van der Waals surface area contributed by atoms with Crippen molar-refractivity contribution in [1.29, 1.82) is 0 Å². The summed E-state index contributed by atoms with van der Waals surface area (Å²) in [4.78, 5) is 0. The van der Waals surface area contributed by atoms with E-state index in [1.807, 2.05) is 32.9 Å². The van der Waals surface area contributed by atoms with Crippen LogP contribution in [0, 0.1) is 20.8 Å². The Hall–Kier alpha value is -0.910. The molecule has 0 heterocycles. The molecule has 20 heavy (non-hydrogen) atoms. The summed E-state index contributed by atoms with van der Waals surface area (Å²) in [5.41, 5.74) is 10.4. The Bertz CT molecular complexity index is 529. The van der Waals surface area contributed by atoms with Gasteiger partial charge in [0, 0.05) is 19.8 Å². The van der Waals surface area contributed by atoms with Crippen molar-refractivity contribution in [1.82, 2.24) is 0 Å². The molecule has 4 nitrogen and oxygen atoms in total. The van der Waals surface area contributed by atoms with E-state index in [-0.39, 0.29) is 11.5 Å². The van der Waals surface area contributed by atoms with Crippen molar-refractivity contribution in [3.8, 4) is 0 Å². The lowest BCUT2D eigenvalue weighted by molar-refractivity contribution is 0.199. The highest BCUT2D eigenvalue weighted by molar-refractivity contribution is 7.91. The van der Waals surface area contributed by atoms with Gasteiger partial charge in [0.05, 0.1) is 11.5 Å². The molecule has 114 valence electrons. The molecule has 1 unspecified atom stereocenters. The number of hydrogen-bond acceptors (Lipinski definition) is 4. The van der Waals surface area contributed by atoms with Gasteiger partial charge in [-0.2, -0.15) is 0 Å². The Morgan fingerprint density at radius 2 is 1.75 bits per heavy atom. The van der Waals surface area contributed by atoms with Gasteiger partial charge in [0.25, 0.3) is 0 Å². The zero-order valence-corrected chi connectivity index (χ0v) is 13.6. The molecule has 0 aromatic heterocycles. The number of hydrogen-bond donors (Lipinski definition) is 1. The summed E-state index contributed by atoms with van der Waals surface area (Å²) >= 11 is 0. The molecule has 1 atom stereocenters. The molecule has 2 N–H and O–H groups in total. The molecule has 0 aliphatic rings. The molecule has 0 fully saturated rings. The Kier molecular flexibility index (Phi) is 6.17. The highest BCUT2D eigenvalue weighted by atomic mass is 32.2. The molecule has 5 heteroatoms. The summed E-state index contributed by atoms with van der Waals surface area (Å²) in [7, 11) is -1.58. The smallest absolute Gasteiger partial charge is 0.152 e. The maximum Gasteiger partial charge on any atom is 0.152 e. The number of methoxy groups -OCH3 is 1. The standard InChI is InChI=1S/C15H25NO3S/c1-11-8-12(2)15(13(3)9-11)14(16)10-20(17,18)7-5-6-19-4/h8-9,14H,5-7,10,16H2,1-4H3. The predicted molar refractivity (Wildman–Crippen MR) is 82.7 cm³/mol. The molecule has 1 rings (SSSR count). The van der Waals surface area contributed by atoms with Crippen LogP contribution < -0.4 is 5.73 Å². The van der Waals surface area contributed by atoms with Gasteiger partial charge in [-0.25, -0.2) is 8.42 Å². The van der Waals surface area contributed by atoms with Gasteiger partial charge in [-0.05, 0) is 43.9 Å². The molecule has 1 aromatic carbocycles. The summed E-state index contributed by atoms with van der Waals surface area (Å²) in [6.07, 6.45) is 0.511. The highest BCUT2D eigenvalue weighted by Gasteiger charge is 2.20. The van der Waals surface area contributed by atoms with Crippen LogP contribution in [0.2, 0.25) is 0 Å². The quantitative estimate of drug-likeness (QED) is 0.782. The first kappa shape index (κ1) is 17.1. The number of nitrogens with two attached hydrogens (primary N) is 1. The zero-order valence-electron chi connectivity index (χ0n) is 12.8. The average molecular weight is 299 g/mol. The monoisotopic (exact) mass is 299 g/mol. The molecule has 0 saturated heterocycles. The molecule has 0 spiro atoms. The van der Waals surface area contributed by atoms with Crippen LogP contribution in [0.4, 0.5) is 0 Å². The van der Waals surface area contributed by atoms with Gasteiger partial charge in [-0.1, -0.05) is 17.7 Å². The van der Waals surface area contributed by atoms with Crippen molar-refractivity contribution in [2.75, 3.05) is 25.2 Å². The van der Waals surface area contributed by atoms with Crippen molar-refractivity contribution >= 4 is 9.84 Å². The second-order valence-corrected chi connectivity index (χ2v) is 7.61. The van der Waals surface area contributed by atoms with Gasteiger partial charge in [-0.3, -0.25) is 0 Å². The van der Waals surface area contributed by atoms with E-state index in [9.17, 15) is 8.42 Å². The lowest BCUT2D eigenvalue weighted by atomic mass is 9.95. The molecule has 0 aliphatic carbocycles. The Labute approximate surface area is 122 Å². The van der Waals surface area contributed by atoms with Crippen molar-refractivity contribution in [2.24, 2.45) is 5.73 Å². The Balaban J connectivity index is 2.84. The largest absolute Gasteiger partial charge is 0.385 e. The number of ether oxygens (including phenoxy) is 1. The molecule has 0 aliphatic heterocycles. The SMILES string of the molecule is COCCCS(=O)(=O)CC(N)c1c(C)cc(C)cc1C. The third kappa shape index (κ3) is 4.89. The second-order valence-electron chi connectivity index (χ2n) is 5.38. The molecule has 0 radical (unpaired) electrons. The average Bonchev–Trinajstić information content (AvgIpc) is 2.26. The van der Waals surface area contributed by atoms with E-state index in [0.717, 1.165) is 16.7 Å². The number of rotatable bonds is 7. The molecular weight excluding hydrogens is 274 g/mol. The lowest BCUT2D eigenvalue weighted by Crippen LogP contribution is -2.25. The normalized spacial score (nSPS) is 13.4. The van der Waals surface area contributed by atoms with Crippen LogP contribution in [0.15, 0.2) is 12.1 Å². The molecule has 1 aromatic rings. The first-order valence-electron chi connectivity index (χ1n) is 6.79. The van der Waals surface area contributed by atoms with Crippen molar-refractivity contribution in [3.63, 3.8) is 0 Å². The van der Waals surface area contributed by atoms with Gasteiger partial charge in [-0.15, -0.1) is 0 Å². The van der Waals surface area contributed by atoms with E-state index in [4.69, 9.17) is 10.5 Å². The highest BCUT2D eigenvalue weighted by Crippen LogP contribution is 2.23. The van der Waals surface area contributed by atoms with E-state index in [1.165, 1.54) is 5.56 Å². The molecular formula is C15H25NO3S. The van der Waals surface area contributed by atoms with E-state index in [2.05, 4.69) is 0 Å². The fourth-order valence-corrected chi connectivity index (χ4v) is 4.08. The Morgan fingerprint density at radius 1 is 1.20 bits per heavy atom. The summed E-state index contributed by atoms with van der Waals surface area (Å²) in [6.45, 7) is 6.44. The van der Waals surface area contributed by atoms with Crippen molar-refractivity contribution in [2.45, 2.75) is 33.2 Å². The van der Waals surface area contributed by atoms with Crippen LogP contribution in [0.5, 0.6) is 0 Å². The van der Waals surface area contributed by atoms with Crippen LogP contribution >= 0.6 is 0 Å². The summed E-state index contributed by atoms with van der Waals surface area (Å²) < 4.78 is 29.0. The van der Waals surface area contributed by atoms with Crippen molar-refractivity contribution in [3.05, 3.63) is 34.4 Å². The summed E-state index contributed by atoms with van der Waals surface area (Å²) in [5.74, 6) is 0.111. The van der Waals surface area contributed by atoms with E-state index < -0.39 is 15.9 Å². The first-order valence-corrected chi connectivity index (χ1v) is 8.61. The number of aryl methyl sites for hydroxylation is 3. The zero-order chi connectivity index (χ0) is 15.3. The lowest BCUT2D eigenvalue weighted by Gasteiger charge is -2.18. The maximum atomic E-state index is 12.0. The van der Waals surface area contributed by atoms with E-state index >= 15 is 0 Å². The van der Waals surface area contributed by atoms with Gasteiger partial charge < -0.3 is 10.5 Å². The molecule has 0 bridgehead atoms. The summed E-state index contributed by atoms with van der Waals surface area (Å²) in [5, 5.41) is 0. The summed E-state index contributed by atoms with van der Waals surface area (Å²) in [6, 6.07) is 3.61. The number of benzene rings is 1. The van der Waals surface area contributed by atoms with Crippen LogP contribution in [-0.2, 0) is 14.6 Å². The second kappa shape index (κ2) is 7.20. The van der Waals surface area contributed by atoms with Gasteiger partial charge >= 0.3 is 0 Å². The van der Waals surface area contributed by atoms with Gasteiger partial charge in [0.1, 0.15) is 0 Å². The van der Waals surface area contributed by atoms with Crippen LogP contribution in [0.1, 0.15) is 34.7 Å². The topological polar surface area (TPSA) is 69.4 Å². The minimum Gasteiger partial charge on any atom is -0.385 e. The fourth-order valence-electron chi connectivity index (χ4n) is 2.64. The van der Waals surface area contributed by atoms with E-state index in [1.54, 1.807) is 7.11 Å². The van der Waals surface area contributed by atoms with Crippen LogP contribution in [-0.4, -0.2) is 33.6 Å². The minimum absolute atomic E-state index is 0.0124. The first-order chi connectivity index (χ1) is 9.26. The van der Waals surface area contributed by atoms with Gasteiger partial charge in [0.15, 0.2) is 9.84 Å². The maximum absolute atomic E-state index is 12.0. The van der Waals surface area contributed by atoms with E-state index in [0.29, 0.717) is 13.0 Å². The third-order valence-electron chi connectivity index (χ3n) is 3.35. The fraction of sp³-hybridized carbons (Fsp3) is 0.600. The number of sulfone groups is 1. The molecule has 0 saturated carbocycles. The minimum atomic E-state index is -3.15. The third-order valence-corrected chi connectivity index (χ3v) is 5.12. The van der Waals surface area contributed by atoms with Crippen LogP contribution in [0.25, 0.3) is 0 Å². The predicted octanol–water partition coefficient (Wildman–Crippen LogP) is 2.06. The molecule has 0 amide bonds. The van der Waals surface area contributed by atoms with Crippen molar-refractivity contribution < 1.29 is 13.2 Å². The van der Waals surface area contributed by atoms with Gasteiger partial charge in [0.2, 0.25) is 0 Å². The Morgan fingerprint density at radius 3 is 2.25 bits per heavy atom.